The molecule has 2 saturated heterocycles. The van der Waals surface area contributed by atoms with Crippen molar-refractivity contribution in [1.29, 1.82) is 0 Å². The van der Waals surface area contributed by atoms with Gasteiger partial charge in [0.15, 0.2) is 5.82 Å². The number of benzene rings is 1. The molecular weight excluding hydrogens is 336 g/mol. The Morgan fingerprint density at radius 3 is 2.52 bits per heavy atom. The van der Waals surface area contributed by atoms with Crippen LogP contribution in [0.1, 0.15) is 55.9 Å². The Morgan fingerprint density at radius 2 is 1.78 bits per heavy atom. The number of carbonyl (C=O) groups is 1. The van der Waals surface area contributed by atoms with E-state index in [0.29, 0.717) is 17.6 Å². The van der Waals surface area contributed by atoms with Crippen molar-refractivity contribution in [3.05, 3.63) is 42.1 Å². The van der Waals surface area contributed by atoms with E-state index in [1.54, 1.807) is 0 Å². The maximum atomic E-state index is 13.3. The van der Waals surface area contributed by atoms with Crippen LogP contribution in [0.25, 0.3) is 11.4 Å². The van der Waals surface area contributed by atoms with E-state index >= 15 is 0 Å². The zero-order valence-electron chi connectivity index (χ0n) is 16.1. The minimum atomic E-state index is 0.0570. The van der Waals surface area contributed by atoms with E-state index in [1.165, 1.54) is 19.3 Å². The van der Waals surface area contributed by atoms with Gasteiger partial charge in [-0.3, -0.25) is 4.79 Å². The third kappa shape index (κ3) is 3.82. The molecule has 0 aliphatic carbocycles. The second kappa shape index (κ2) is 8.07. The van der Waals surface area contributed by atoms with Crippen molar-refractivity contribution in [2.75, 3.05) is 24.5 Å². The molecule has 3 heterocycles. The Bertz CT molecular complexity index is 786. The zero-order chi connectivity index (χ0) is 18.6. The second-order valence-corrected chi connectivity index (χ2v) is 7.55. The molecule has 1 unspecified atom stereocenters. The van der Waals surface area contributed by atoms with E-state index < -0.39 is 0 Å². The summed E-state index contributed by atoms with van der Waals surface area (Å²) in [5.41, 5.74) is 1.49. The third-order valence-electron chi connectivity index (χ3n) is 5.75. The van der Waals surface area contributed by atoms with Gasteiger partial charge in [0.1, 0.15) is 11.5 Å². The molecule has 4 rings (SSSR count). The first-order chi connectivity index (χ1) is 13.3. The van der Waals surface area contributed by atoms with Crippen LogP contribution in [0.4, 0.5) is 5.82 Å². The van der Waals surface area contributed by atoms with Crippen molar-refractivity contribution in [1.82, 2.24) is 14.9 Å². The Labute approximate surface area is 161 Å². The van der Waals surface area contributed by atoms with Gasteiger partial charge in [0.25, 0.3) is 5.91 Å². The molecule has 2 fully saturated rings. The molecule has 2 aromatic rings. The lowest BCUT2D eigenvalue weighted by Crippen LogP contribution is -2.43. The highest BCUT2D eigenvalue weighted by atomic mass is 16.2. The number of hydrogen-bond acceptors (Lipinski definition) is 4. The minimum Gasteiger partial charge on any atom is -0.356 e. The van der Waals surface area contributed by atoms with E-state index in [0.717, 1.165) is 50.3 Å². The van der Waals surface area contributed by atoms with Gasteiger partial charge in [-0.2, -0.15) is 0 Å². The number of piperidine rings is 1. The van der Waals surface area contributed by atoms with Crippen molar-refractivity contribution in [3.63, 3.8) is 0 Å². The number of likely N-dealkylation sites (tertiary alicyclic amines) is 1. The first kappa shape index (κ1) is 18.0. The van der Waals surface area contributed by atoms with Crippen molar-refractivity contribution in [3.8, 4) is 11.4 Å². The number of rotatable bonds is 4. The van der Waals surface area contributed by atoms with Crippen LogP contribution in [-0.2, 0) is 0 Å². The predicted molar refractivity (Wildman–Crippen MR) is 108 cm³/mol. The Hall–Kier alpha value is -2.43. The van der Waals surface area contributed by atoms with Crippen LogP contribution in [0.15, 0.2) is 36.4 Å². The van der Waals surface area contributed by atoms with Gasteiger partial charge >= 0.3 is 0 Å². The quantitative estimate of drug-likeness (QED) is 0.818. The molecule has 1 atom stereocenters. The molecule has 142 valence electrons. The highest BCUT2D eigenvalue weighted by Crippen LogP contribution is 2.26. The normalized spacial score (nSPS) is 20.1. The van der Waals surface area contributed by atoms with E-state index in [2.05, 4.69) is 16.8 Å². The molecule has 0 radical (unpaired) electrons. The lowest BCUT2D eigenvalue weighted by atomic mass is 9.99. The van der Waals surface area contributed by atoms with Crippen LogP contribution in [0.3, 0.4) is 0 Å². The molecule has 0 N–H and O–H groups in total. The van der Waals surface area contributed by atoms with Crippen LogP contribution >= 0.6 is 0 Å². The number of amides is 1. The minimum absolute atomic E-state index is 0.0570. The van der Waals surface area contributed by atoms with Crippen molar-refractivity contribution in [2.24, 2.45) is 0 Å². The largest absolute Gasteiger partial charge is 0.356 e. The smallest absolute Gasteiger partial charge is 0.272 e. The van der Waals surface area contributed by atoms with E-state index in [4.69, 9.17) is 4.98 Å². The standard InChI is InChI=1S/C22H28N4O/c1-2-18-12-6-7-15-26(18)22(27)19-16-20(25-13-8-9-14-25)24-21(23-19)17-10-4-3-5-11-17/h3-5,10-11,16,18H,2,6-9,12-15H2,1H3. The summed E-state index contributed by atoms with van der Waals surface area (Å²) in [5, 5.41) is 0. The van der Waals surface area contributed by atoms with Gasteiger partial charge in [-0.25, -0.2) is 9.97 Å². The van der Waals surface area contributed by atoms with Gasteiger partial charge in [-0.05, 0) is 38.5 Å². The van der Waals surface area contributed by atoms with Crippen LogP contribution in [0.5, 0.6) is 0 Å². The second-order valence-electron chi connectivity index (χ2n) is 7.55. The number of hydrogen-bond donors (Lipinski definition) is 0. The van der Waals surface area contributed by atoms with Gasteiger partial charge < -0.3 is 9.80 Å². The lowest BCUT2D eigenvalue weighted by Gasteiger charge is -2.35. The van der Waals surface area contributed by atoms with Gasteiger partial charge in [-0.1, -0.05) is 37.3 Å². The summed E-state index contributed by atoms with van der Waals surface area (Å²) in [6, 6.07) is 12.2. The van der Waals surface area contributed by atoms with Crippen LogP contribution in [0.2, 0.25) is 0 Å². The SMILES string of the molecule is CCC1CCCCN1C(=O)c1cc(N2CCCC2)nc(-c2ccccc2)n1. The van der Waals surface area contributed by atoms with E-state index in [1.807, 2.05) is 41.3 Å². The van der Waals surface area contributed by atoms with Gasteiger partial charge in [0.2, 0.25) is 0 Å². The van der Waals surface area contributed by atoms with Crippen LogP contribution in [0, 0.1) is 0 Å². The molecule has 5 nitrogen and oxygen atoms in total. The fourth-order valence-electron chi connectivity index (χ4n) is 4.21. The molecule has 0 bridgehead atoms. The van der Waals surface area contributed by atoms with Gasteiger partial charge in [0, 0.05) is 37.3 Å². The maximum Gasteiger partial charge on any atom is 0.272 e. The predicted octanol–water partition coefficient (Wildman–Crippen LogP) is 4.15. The van der Waals surface area contributed by atoms with Crippen LogP contribution in [-0.4, -0.2) is 46.5 Å². The molecule has 1 aromatic heterocycles. The Balaban J connectivity index is 1.72. The summed E-state index contributed by atoms with van der Waals surface area (Å²) in [6.45, 7) is 5.00. The van der Waals surface area contributed by atoms with Gasteiger partial charge in [0.05, 0.1) is 0 Å². The molecular formula is C22H28N4O. The molecule has 0 saturated carbocycles. The summed E-state index contributed by atoms with van der Waals surface area (Å²) >= 11 is 0. The molecule has 2 aliphatic rings. The Kier molecular flexibility index (Phi) is 5.37. The molecule has 5 heteroatoms. The molecule has 0 spiro atoms. The molecule has 2 aliphatic heterocycles. The maximum absolute atomic E-state index is 13.3. The first-order valence-corrected chi connectivity index (χ1v) is 10.3. The summed E-state index contributed by atoms with van der Waals surface area (Å²) in [6.07, 6.45) is 6.74. The Morgan fingerprint density at radius 1 is 1.04 bits per heavy atom. The van der Waals surface area contributed by atoms with E-state index in [9.17, 15) is 4.79 Å². The average Bonchev–Trinajstić information content (AvgIpc) is 3.28. The monoisotopic (exact) mass is 364 g/mol. The number of anilines is 1. The molecule has 1 aromatic carbocycles. The average molecular weight is 364 g/mol. The van der Waals surface area contributed by atoms with Crippen molar-refractivity contribution < 1.29 is 4.79 Å². The van der Waals surface area contributed by atoms with Crippen LogP contribution < -0.4 is 4.90 Å². The topological polar surface area (TPSA) is 49.3 Å². The number of aromatic nitrogens is 2. The van der Waals surface area contributed by atoms with Gasteiger partial charge in [-0.15, -0.1) is 0 Å². The lowest BCUT2D eigenvalue weighted by molar-refractivity contribution is 0.0602. The fraction of sp³-hybridized carbons (Fsp3) is 0.500. The highest BCUT2D eigenvalue weighted by molar-refractivity contribution is 5.94. The molecule has 27 heavy (non-hydrogen) atoms. The summed E-state index contributed by atoms with van der Waals surface area (Å²) in [7, 11) is 0. The highest BCUT2D eigenvalue weighted by Gasteiger charge is 2.28. The third-order valence-corrected chi connectivity index (χ3v) is 5.75. The summed E-state index contributed by atoms with van der Waals surface area (Å²) in [5.74, 6) is 1.59. The van der Waals surface area contributed by atoms with Crippen molar-refractivity contribution >= 4 is 11.7 Å². The number of carbonyl (C=O) groups excluding carboxylic acids is 1. The van der Waals surface area contributed by atoms with E-state index in [-0.39, 0.29) is 5.91 Å². The first-order valence-electron chi connectivity index (χ1n) is 10.3. The summed E-state index contributed by atoms with van der Waals surface area (Å²) < 4.78 is 0. The molecule has 1 amide bonds. The summed E-state index contributed by atoms with van der Waals surface area (Å²) in [4.78, 5) is 27.1. The fourth-order valence-corrected chi connectivity index (χ4v) is 4.21. The van der Waals surface area contributed by atoms with Crippen molar-refractivity contribution in [2.45, 2.75) is 51.5 Å². The number of nitrogens with zero attached hydrogens (tertiary/aromatic N) is 4. The zero-order valence-corrected chi connectivity index (χ0v) is 16.1.